The summed E-state index contributed by atoms with van der Waals surface area (Å²) in [6.45, 7) is 1.64. The van der Waals surface area contributed by atoms with Gasteiger partial charge in [0.15, 0.2) is 10.8 Å². The van der Waals surface area contributed by atoms with Crippen molar-refractivity contribution in [1.29, 1.82) is 5.26 Å². The van der Waals surface area contributed by atoms with Crippen molar-refractivity contribution in [3.05, 3.63) is 35.5 Å². The summed E-state index contributed by atoms with van der Waals surface area (Å²) >= 11 is 1.10. The molecule has 2 rings (SSSR count). The number of aryl methyl sites for hydroxylation is 1. The van der Waals surface area contributed by atoms with Crippen molar-refractivity contribution in [3.8, 4) is 11.8 Å². The van der Waals surface area contributed by atoms with Gasteiger partial charge >= 0.3 is 0 Å². The average Bonchev–Trinajstić information content (AvgIpc) is 2.84. The smallest absolute Gasteiger partial charge is 0.273 e. The molecule has 0 aliphatic carbocycles. The van der Waals surface area contributed by atoms with Crippen LogP contribution in [0, 0.1) is 18.3 Å². The number of thiazole rings is 1. The molecule has 0 amide bonds. The average molecular weight is 309 g/mol. The largest absolute Gasteiger partial charge is 0.479 e. The summed E-state index contributed by atoms with van der Waals surface area (Å²) in [6.07, 6.45) is 1.32. The van der Waals surface area contributed by atoms with E-state index in [9.17, 15) is 8.42 Å². The summed E-state index contributed by atoms with van der Waals surface area (Å²) in [5.74, 6) is 0.423. The molecule has 0 aliphatic heterocycles. The molecule has 1 aromatic heterocycles. The van der Waals surface area contributed by atoms with Crippen LogP contribution in [0.3, 0.4) is 0 Å². The van der Waals surface area contributed by atoms with E-state index in [1.165, 1.54) is 12.3 Å². The Labute approximate surface area is 120 Å². The molecule has 1 aromatic carbocycles. The number of benzene rings is 1. The van der Waals surface area contributed by atoms with Crippen molar-refractivity contribution in [2.45, 2.75) is 11.1 Å². The van der Waals surface area contributed by atoms with Crippen LogP contribution in [0.4, 0.5) is 5.69 Å². The monoisotopic (exact) mass is 309 g/mol. The van der Waals surface area contributed by atoms with Gasteiger partial charge in [-0.15, -0.1) is 11.3 Å². The number of sulfonamides is 1. The Balaban J connectivity index is 2.19. The maximum atomic E-state index is 12.1. The Morgan fingerprint density at radius 1 is 1.50 bits per heavy atom. The number of nitriles is 1. The normalized spacial score (nSPS) is 10.8. The van der Waals surface area contributed by atoms with Crippen LogP contribution in [0.5, 0.6) is 5.75 Å². The molecule has 6 nitrogen and oxygen atoms in total. The van der Waals surface area contributed by atoms with Crippen molar-refractivity contribution >= 4 is 27.0 Å². The van der Waals surface area contributed by atoms with Gasteiger partial charge in [-0.25, -0.2) is 13.4 Å². The van der Waals surface area contributed by atoms with Crippen molar-refractivity contribution in [3.63, 3.8) is 0 Å². The zero-order valence-electron chi connectivity index (χ0n) is 10.5. The predicted molar refractivity (Wildman–Crippen MR) is 75.2 cm³/mol. The minimum atomic E-state index is -3.64. The van der Waals surface area contributed by atoms with Crippen molar-refractivity contribution in [1.82, 2.24) is 4.98 Å². The molecule has 0 spiro atoms. The fraction of sp³-hybridized carbons (Fsp3) is 0.167. The molecular formula is C12H11N3O3S2. The Morgan fingerprint density at radius 2 is 2.30 bits per heavy atom. The highest BCUT2D eigenvalue weighted by Gasteiger charge is 2.17. The molecule has 1 N–H and O–H groups in total. The van der Waals surface area contributed by atoms with E-state index in [1.54, 1.807) is 25.1 Å². The second-order valence-corrected chi connectivity index (χ2v) is 6.92. The maximum Gasteiger partial charge on any atom is 0.273 e. The number of ether oxygens (including phenoxy) is 1. The number of nitrogens with one attached hydrogen (secondary N) is 1. The number of hydrogen-bond donors (Lipinski definition) is 1. The lowest BCUT2D eigenvalue weighted by atomic mass is 10.3. The third kappa shape index (κ3) is 3.46. The van der Waals surface area contributed by atoms with Crippen molar-refractivity contribution < 1.29 is 13.2 Å². The highest BCUT2D eigenvalue weighted by molar-refractivity contribution is 7.94. The second kappa shape index (κ2) is 5.90. The molecule has 0 unspecified atom stereocenters. The lowest BCUT2D eigenvalue weighted by Gasteiger charge is -2.07. The number of nitrogens with zero attached hydrogens (tertiary/aromatic N) is 2. The molecule has 0 aliphatic rings. The minimum Gasteiger partial charge on any atom is -0.479 e. The number of anilines is 1. The molecule has 0 radical (unpaired) electrons. The molecule has 20 heavy (non-hydrogen) atoms. The molecule has 8 heteroatoms. The highest BCUT2D eigenvalue weighted by Crippen LogP contribution is 2.23. The number of aromatic nitrogens is 1. The van der Waals surface area contributed by atoms with E-state index in [2.05, 4.69) is 9.71 Å². The quantitative estimate of drug-likeness (QED) is 0.913. The van der Waals surface area contributed by atoms with Crippen LogP contribution < -0.4 is 9.46 Å². The fourth-order valence-corrected chi connectivity index (χ4v) is 3.59. The first-order chi connectivity index (χ1) is 9.51. The zero-order valence-corrected chi connectivity index (χ0v) is 12.2. The van der Waals surface area contributed by atoms with Gasteiger partial charge in [-0.1, -0.05) is 6.07 Å². The lowest BCUT2D eigenvalue weighted by Crippen LogP contribution is -2.11. The highest BCUT2D eigenvalue weighted by atomic mass is 32.2. The van der Waals surface area contributed by atoms with E-state index < -0.39 is 10.0 Å². The van der Waals surface area contributed by atoms with Crippen LogP contribution >= 0.6 is 11.3 Å². The molecule has 0 saturated carbocycles. The minimum absolute atomic E-state index is 0.0930. The third-order valence-electron chi connectivity index (χ3n) is 2.25. The van der Waals surface area contributed by atoms with Gasteiger partial charge in [-0.3, -0.25) is 4.72 Å². The second-order valence-electron chi connectivity index (χ2n) is 3.78. The molecule has 2 aromatic rings. The number of rotatable bonds is 5. The number of hydrogen-bond acceptors (Lipinski definition) is 6. The van der Waals surface area contributed by atoms with E-state index in [-0.39, 0.29) is 10.8 Å². The summed E-state index contributed by atoms with van der Waals surface area (Å²) in [5.41, 5.74) is 0.367. The predicted octanol–water partition coefficient (Wildman–Crippen LogP) is 2.15. The Morgan fingerprint density at radius 3 is 2.95 bits per heavy atom. The SMILES string of the molecule is Cc1ncc(S(=O)(=O)Nc2cccc(OCC#N)c2)s1. The van der Waals surface area contributed by atoms with Crippen molar-refractivity contribution in [2.75, 3.05) is 11.3 Å². The zero-order chi connectivity index (χ0) is 14.6. The molecule has 0 fully saturated rings. The van der Waals surface area contributed by atoms with Gasteiger partial charge in [0.2, 0.25) is 0 Å². The van der Waals surface area contributed by atoms with E-state index in [0.29, 0.717) is 16.4 Å². The first kappa shape index (κ1) is 14.3. The first-order valence-electron chi connectivity index (χ1n) is 5.56. The topological polar surface area (TPSA) is 92.1 Å². The van der Waals surface area contributed by atoms with Crippen LogP contribution in [0.25, 0.3) is 0 Å². The summed E-state index contributed by atoms with van der Waals surface area (Å²) in [6, 6.07) is 8.25. The fourth-order valence-electron chi connectivity index (χ4n) is 1.44. The Kier molecular flexibility index (Phi) is 4.22. The van der Waals surface area contributed by atoms with Gasteiger partial charge in [0, 0.05) is 6.07 Å². The van der Waals surface area contributed by atoms with E-state index >= 15 is 0 Å². The Hall–Kier alpha value is -2.11. The standard InChI is InChI=1S/C12H11N3O3S2/c1-9-14-8-12(19-9)20(16,17)15-10-3-2-4-11(7-10)18-6-5-13/h2-4,7-8,15H,6H2,1H3. The van der Waals surface area contributed by atoms with Crippen LogP contribution in [0.1, 0.15) is 5.01 Å². The summed E-state index contributed by atoms with van der Waals surface area (Å²) < 4.78 is 31.9. The van der Waals surface area contributed by atoms with Gasteiger partial charge in [-0.05, 0) is 19.1 Å². The van der Waals surface area contributed by atoms with E-state index in [0.717, 1.165) is 11.3 Å². The van der Waals surface area contributed by atoms with Gasteiger partial charge in [0.05, 0.1) is 16.9 Å². The van der Waals surface area contributed by atoms with Crippen LogP contribution in [0.2, 0.25) is 0 Å². The summed E-state index contributed by atoms with van der Waals surface area (Å²) in [4.78, 5) is 3.92. The lowest BCUT2D eigenvalue weighted by molar-refractivity contribution is 0.368. The van der Waals surface area contributed by atoms with Gasteiger partial charge in [0.25, 0.3) is 10.0 Å². The molecule has 104 valence electrons. The molecule has 0 atom stereocenters. The van der Waals surface area contributed by atoms with Gasteiger partial charge in [-0.2, -0.15) is 5.26 Å². The van der Waals surface area contributed by atoms with Crippen LogP contribution in [-0.2, 0) is 10.0 Å². The first-order valence-corrected chi connectivity index (χ1v) is 7.86. The van der Waals surface area contributed by atoms with Gasteiger partial charge < -0.3 is 4.74 Å². The van der Waals surface area contributed by atoms with Crippen molar-refractivity contribution in [2.24, 2.45) is 0 Å². The van der Waals surface area contributed by atoms with Crippen LogP contribution in [-0.4, -0.2) is 20.0 Å². The molecule has 0 saturated heterocycles. The summed E-state index contributed by atoms with van der Waals surface area (Å²) in [5, 5.41) is 9.12. The molecular weight excluding hydrogens is 298 g/mol. The summed E-state index contributed by atoms with van der Waals surface area (Å²) in [7, 11) is -3.64. The molecule has 0 bridgehead atoms. The van der Waals surface area contributed by atoms with E-state index in [1.807, 2.05) is 6.07 Å². The maximum absolute atomic E-state index is 12.1. The third-order valence-corrected chi connectivity index (χ3v) is 5.01. The van der Waals surface area contributed by atoms with Gasteiger partial charge in [0.1, 0.15) is 11.8 Å². The Bertz CT molecular complexity index is 747. The van der Waals surface area contributed by atoms with E-state index in [4.69, 9.17) is 10.00 Å². The van der Waals surface area contributed by atoms with Crippen LogP contribution in [0.15, 0.2) is 34.7 Å². The molecule has 1 heterocycles.